The van der Waals surface area contributed by atoms with Crippen LogP contribution < -0.4 is 30.7 Å². The molecule has 0 radical (unpaired) electrons. The Morgan fingerprint density at radius 1 is 0.700 bits per heavy atom. The summed E-state index contributed by atoms with van der Waals surface area (Å²) >= 11 is 14.1. The van der Waals surface area contributed by atoms with Gasteiger partial charge in [0.2, 0.25) is 23.6 Å². The molecule has 4 fully saturated rings. The molecule has 0 spiro atoms. The van der Waals surface area contributed by atoms with Crippen molar-refractivity contribution in [3.8, 4) is 45.4 Å². The van der Waals surface area contributed by atoms with Gasteiger partial charge in [-0.25, -0.2) is 9.97 Å². The second kappa shape index (κ2) is 13.4. The highest BCUT2D eigenvalue weighted by Gasteiger charge is 2.54. The third kappa shape index (κ3) is 6.14. The van der Waals surface area contributed by atoms with Crippen molar-refractivity contribution in [2.24, 2.45) is 23.7 Å². The minimum Gasteiger partial charge on any atom is -0.480 e. The second-order valence-electron chi connectivity index (χ2n) is 13.3. The quantitative estimate of drug-likeness (QED) is 0.160. The lowest BCUT2D eigenvalue weighted by atomic mass is 9.98. The normalized spacial score (nSPS) is 24.3. The number of ether oxygens (including phenoxy) is 2. The Hall–Kier alpha value is -4.36. The summed E-state index contributed by atoms with van der Waals surface area (Å²) in [7, 11) is 3.12. The maximum absolute atomic E-state index is 11.9. The van der Waals surface area contributed by atoms with Crippen LogP contribution in [0.4, 0.5) is 0 Å². The molecule has 6 atom stereocenters. The number of hydrogen-bond acceptors (Lipinski definition) is 10. The van der Waals surface area contributed by atoms with E-state index in [4.69, 9.17) is 42.6 Å². The average Bonchev–Trinajstić information content (AvgIpc) is 4.05. The minimum atomic E-state index is 0.150. The van der Waals surface area contributed by atoms with Crippen LogP contribution in [0.2, 0.25) is 10.0 Å². The predicted octanol–water partition coefficient (Wildman–Crippen LogP) is 4.04. The fourth-order valence-electron chi connectivity index (χ4n) is 7.31. The van der Waals surface area contributed by atoms with E-state index in [1.54, 1.807) is 26.6 Å². The third-order valence-corrected chi connectivity index (χ3v) is 11.0. The number of carbonyl (C=O) groups is 2. The van der Waals surface area contributed by atoms with Crippen molar-refractivity contribution >= 4 is 35.0 Å². The number of amides is 2. The summed E-state index contributed by atoms with van der Waals surface area (Å²) in [6.07, 6.45) is 5.32. The number of halogens is 2. The molecule has 2 amide bonds. The van der Waals surface area contributed by atoms with E-state index in [0.717, 1.165) is 24.0 Å². The van der Waals surface area contributed by atoms with Gasteiger partial charge in [0.1, 0.15) is 11.4 Å². The summed E-state index contributed by atoms with van der Waals surface area (Å²) in [5, 5.41) is 13.8. The van der Waals surface area contributed by atoms with Gasteiger partial charge in [-0.2, -0.15) is 0 Å². The number of benzene rings is 2. The number of methoxy groups -OCH3 is 2. The number of nitrogens with zero attached hydrogens (tertiary/aromatic N) is 4. The summed E-state index contributed by atoms with van der Waals surface area (Å²) in [5.74, 6) is 2.35. The van der Waals surface area contributed by atoms with Crippen molar-refractivity contribution in [1.29, 1.82) is 0 Å². The summed E-state index contributed by atoms with van der Waals surface area (Å²) in [6, 6.07) is 11.7. The first-order chi connectivity index (χ1) is 24.3. The first-order valence-electron chi connectivity index (χ1n) is 16.7. The predicted molar refractivity (Wildman–Crippen MR) is 188 cm³/mol. The van der Waals surface area contributed by atoms with Crippen molar-refractivity contribution in [3.63, 3.8) is 0 Å². The molecule has 4 aromatic rings. The molecule has 2 aromatic carbocycles. The number of nitrogens with one attached hydrogen (secondary N) is 4. The third-order valence-electron chi connectivity index (χ3n) is 10.2. The minimum absolute atomic E-state index is 0.150. The summed E-state index contributed by atoms with van der Waals surface area (Å²) in [6.45, 7) is 2.22. The molecule has 2 saturated carbocycles. The van der Waals surface area contributed by atoms with Gasteiger partial charge in [-0.3, -0.25) is 19.6 Å². The van der Waals surface area contributed by atoms with E-state index in [9.17, 15) is 9.59 Å². The zero-order valence-corrected chi connectivity index (χ0v) is 29.0. The van der Waals surface area contributed by atoms with Crippen LogP contribution in [0, 0.1) is 23.7 Å². The highest BCUT2D eigenvalue weighted by molar-refractivity contribution is 6.39. The van der Waals surface area contributed by atoms with Crippen LogP contribution >= 0.6 is 23.2 Å². The molecular weight excluding hydrogens is 679 g/mol. The molecular formula is C36H36Cl2N8O4. The fraction of sp³-hybridized carbons (Fsp3) is 0.389. The van der Waals surface area contributed by atoms with Gasteiger partial charge in [0, 0.05) is 72.4 Å². The lowest BCUT2D eigenvalue weighted by Crippen LogP contribution is -2.38. The van der Waals surface area contributed by atoms with Crippen LogP contribution in [0.15, 0.2) is 48.8 Å². The van der Waals surface area contributed by atoms with E-state index in [1.165, 1.54) is 0 Å². The Labute approximate surface area is 299 Å². The molecule has 2 aliphatic carbocycles. The van der Waals surface area contributed by atoms with Gasteiger partial charge in [0.05, 0.1) is 48.0 Å². The summed E-state index contributed by atoms with van der Waals surface area (Å²) < 4.78 is 11.2. The fourth-order valence-corrected chi connectivity index (χ4v) is 7.96. The van der Waals surface area contributed by atoms with Crippen molar-refractivity contribution in [1.82, 2.24) is 41.2 Å². The lowest BCUT2D eigenvalue weighted by Gasteiger charge is -2.16. The van der Waals surface area contributed by atoms with Crippen LogP contribution in [0.3, 0.4) is 0 Å². The number of piperidine rings is 2. The lowest BCUT2D eigenvalue weighted by molar-refractivity contribution is -0.122. The molecule has 4 aliphatic rings. The van der Waals surface area contributed by atoms with Gasteiger partial charge in [0.15, 0.2) is 0 Å². The molecule has 12 nitrogen and oxygen atoms in total. The molecule has 14 heteroatoms. The molecule has 8 rings (SSSR count). The maximum atomic E-state index is 11.9. The van der Waals surface area contributed by atoms with E-state index in [1.807, 2.05) is 36.4 Å². The molecule has 258 valence electrons. The SMILES string of the molecule is COc1nc(-c2cccc(-c3cccc(-c4cnc(CNCC5NC(=O)[C@@H]6CC56)c(OC)n4)c3Cl)c2Cl)cnc1CNCC1NC(=O)C2CC12. The Morgan fingerprint density at radius 3 is 1.48 bits per heavy atom. The van der Waals surface area contributed by atoms with E-state index >= 15 is 0 Å². The van der Waals surface area contributed by atoms with E-state index < -0.39 is 0 Å². The van der Waals surface area contributed by atoms with Gasteiger partial charge in [-0.1, -0.05) is 59.6 Å². The first-order valence-corrected chi connectivity index (χ1v) is 17.5. The van der Waals surface area contributed by atoms with E-state index in [-0.39, 0.29) is 35.7 Å². The second-order valence-corrected chi connectivity index (χ2v) is 14.0. The zero-order valence-electron chi connectivity index (χ0n) is 27.5. The van der Waals surface area contributed by atoms with Crippen LogP contribution in [-0.4, -0.2) is 71.1 Å². The van der Waals surface area contributed by atoms with E-state index in [2.05, 4.69) is 31.2 Å². The van der Waals surface area contributed by atoms with Gasteiger partial charge < -0.3 is 30.7 Å². The van der Waals surface area contributed by atoms with Gasteiger partial charge >= 0.3 is 0 Å². The van der Waals surface area contributed by atoms with Crippen LogP contribution in [-0.2, 0) is 22.7 Å². The smallest absolute Gasteiger partial charge is 0.237 e. The molecule has 5 unspecified atom stereocenters. The van der Waals surface area contributed by atoms with Crippen LogP contribution in [0.25, 0.3) is 33.6 Å². The Kier molecular flexibility index (Phi) is 8.80. The molecule has 4 N–H and O–H groups in total. The Bertz CT molecular complexity index is 1850. The first kappa shape index (κ1) is 32.8. The summed E-state index contributed by atoms with van der Waals surface area (Å²) in [5.41, 5.74) is 5.23. The molecule has 2 saturated heterocycles. The van der Waals surface area contributed by atoms with E-state index in [0.29, 0.717) is 93.7 Å². The highest BCUT2D eigenvalue weighted by Crippen LogP contribution is 2.47. The van der Waals surface area contributed by atoms with Gasteiger partial charge in [0.25, 0.3) is 0 Å². The van der Waals surface area contributed by atoms with Crippen LogP contribution in [0.1, 0.15) is 24.2 Å². The number of aromatic nitrogens is 4. The number of rotatable bonds is 13. The number of hydrogen-bond donors (Lipinski definition) is 4. The monoisotopic (exact) mass is 714 g/mol. The zero-order chi connectivity index (χ0) is 34.5. The highest BCUT2D eigenvalue weighted by atomic mass is 35.5. The molecule has 2 aromatic heterocycles. The molecule has 50 heavy (non-hydrogen) atoms. The van der Waals surface area contributed by atoms with Crippen LogP contribution in [0.5, 0.6) is 11.8 Å². The standard InChI is InChI=1S/C36H36Cl2N8O4/c1-49-35-29(13-39-11-25-21-9-23(21)33(47)43-25)41-15-27(45-35)19-7-3-5-17(31(19)37)18-6-4-8-20(32(18)38)28-16-42-30(36(46-28)50-2)14-40-12-26-22-10-24(22)34(48)44-26/h3-8,15-16,21-26,39-40H,9-14H2,1-2H3,(H,43,47)(H,44,48)/t21?,22?,23-,24?,25?,26?/m1/s1. The van der Waals surface area contributed by atoms with Crippen molar-refractivity contribution in [2.75, 3.05) is 27.3 Å². The summed E-state index contributed by atoms with van der Waals surface area (Å²) in [4.78, 5) is 42.5. The topological polar surface area (TPSA) is 152 Å². The van der Waals surface area contributed by atoms with Crippen molar-refractivity contribution < 1.29 is 19.1 Å². The van der Waals surface area contributed by atoms with Gasteiger partial charge in [-0.05, 0) is 24.7 Å². The maximum Gasteiger partial charge on any atom is 0.237 e. The number of carbonyl (C=O) groups excluding carboxylic acids is 2. The van der Waals surface area contributed by atoms with Crippen molar-refractivity contribution in [2.45, 2.75) is 38.0 Å². The Morgan fingerprint density at radius 2 is 1.12 bits per heavy atom. The number of fused-ring (bicyclic) bond motifs is 2. The van der Waals surface area contributed by atoms with Gasteiger partial charge in [-0.15, -0.1) is 0 Å². The molecule has 4 heterocycles. The molecule has 2 aliphatic heterocycles. The largest absolute Gasteiger partial charge is 0.480 e. The molecule has 0 bridgehead atoms. The van der Waals surface area contributed by atoms with Crippen molar-refractivity contribution in [3.05, 3.63) is 70.2 Å². The average molecular weight is 716 g/mol. The Balaban J connectivity index is 0.985.